The smallest absolute Gasteiger partial charge is 0.317 e. The highest BCUT2D eigenvalue weighted by atomic mass is 35.5. The molecule has 0 fully saturated rings. The molecular weight excluding hydrogens is 318 g/mol. The van der Waals surface area contributed by atoms with Gasteiger partial charge in [-0.15, -0.1) is 0 Å². The molecule has 0 saturated heterocycles. The van der Waals surface area contributed by atoms with E-state index < -0.39 is 11.2 Å². The summed E-state index contributed by atoms with van der Waals surface area (Å²) in [5.74, 6) is -0.945. The van der Waals surface area contributed by atoms with E-state index in [4.69, 9.17) is 22.0 Å². The average molecular weight is 332 g/mol. The average Bonchev–Trinajstić information content (AvgIpc) is 2.52. The molecule has 0 aliphatic heterocycles. The monoisotopic (exact) mass is 331 g/mol. The zero-order valence-corrected chi connectivity index (χ0v) is 13.3. The molecule has 1 N–H and O–H groups in total. The number of nitrogens with zero attached hydrogens (tertiary/aromatic N) is 1. The minimum Gasteiger partial charge on any atom is -0.480 e. The van der Waals surface area contributed by atoms with Crippen molar-refractivity contribution in [2.75, 3.05) is 0 Å². The number of benzene rings is 2. The maximum Gasteiger partial charge on any atom is 0.317 e. The van der Waals surface area contributed by atoms with Gasteiger partial charge in [0, 0.05) is 10.6 Å². The van der Waals surface area contributed by atoms with Crippen LogP contribution in [0.4, 0.5) is 0 Å². The third-order valence-electron chi connectivity index (χ3n) is 3.30. The van der Waals surface area contributed by atoms with Crippen LogP contribution in [0.3, 0.4) is 0 Å². The lowest BCUT2D eigenvalue weighted by Gasteiger charge is -2.09. The van der Waals surface area contributed by atoms with Crippen LogP contribution >= 0.6 is 23.4 Å². The molecule has 5 heteroatoms. The predicted octanol–water partition coefficient (Wildman–Crippen LogP) is 4.61. The lowest BCUT2D eigenvalue weighted by molar-refractivity contribution is -0.136. The molecule has 2 aromatic carbocycles. The highest BCUT2D eigenvalue weighted by molar-refractivity contribution is 8.04. The Balaban J connectivity index is 2.05. The van der Waals surface area contributed by atoms with E-state index in [-0.39, 0.29) is 0 Å². The highest BCUT2D eigenvalue weighted by Gasteiger charge is 2.17. The van der Waals surface area contributed by atoms with E-state index in [2.05, 4.69) is 0 Å². The molecular formula is C17H14ClNO2S. The fraction of sp³-hybridized carbons (Fsp3) is 0.176. The van der Waals surface area contributed by atoms with Gasteiger partial charge in [0.25, 0.3) is 0 Å². The minimum absolute atomic E-state index is 0.430. The Bertz CT molecular complexity index is 695. The van der Waals surface area contributed by atoms with Gasteiger partial charge in [0.05, 0.1) is 0 Å². The number of hydrogen-bond donors (Lipinski definition) is 1. The summed E-state index contributed by atoms with van der Waals surface area (Å²) in [5.41, 5.74) is 3.04. The van der Waals surface area contributed by atoms with Crippen LogP contribution in [-0.2, 0) is 11.2 Å². The van der Waals surface area contributed by atoms with Crippen molar-refractivity contribution in [3.8, 4) is 16.5 Å². The summed E-state index contributed by atoms with van der Waals surface area (Å²) in [6.45, 7) is 0. The van der Waals surface area contributed by atoms with E-state index in [1.54, 1.807) is 0 Å². The van der Waals surface area contributed by atoms with Crippen molar-refractivity contribution in [1.29, 1.82) is 5.26 Å². The van der Waals surface area contributed by atoms with Crippen LogP contribution in [0.1, 0.15) is 12.0 Å². The van der Waals surface area contributed by atoms with Gasteiger partial charge < -0.3 is 5.11 Å². The van der Waals surface area contributed by atoms with E-state index >= 15 is 0 Å². The third kappa shape index (κ3) is 4.27. The van der Waals surface area contributed by atoms with Gasteiger partial charge in [0.2, 0.25) is 0 Å². The molecule has 22 heavy (non-hydrogen) atoms. The summed E-state index contributed by atoms with van der Waals surface area (Å²) in [6, 6.07) is 15.5. The normalized spacial score (nSPS) is 11.6. The summed E-state index contributed by atoms with van der Waals surface area (Å²) >= 11 is 6.97. The minimum atomic E-state index is -0.945. The third-order valence-corrected chi connectivity index (χ3v) is 4.46. The maximum absolute atomic E-state index is 11.0. The number of carboxylic acids is 1. The fourth-order valence-electron chi connectivity index (χ4n) is 2.14. The van der Waals surface area contributed by atoms with Gasteiger partial charge in [0.15, 0.2) is 0 Å². The van der Waals surface area contributed by atoms with Crippen molar-refractivity contribution in [1.82, 2.24) is 0 Å². The van der Waals surface area contributed by atoms with E-state index in [1.807, 2.05) is 53.9 Å². The molecule has 0 aliphatic rings. The second kappa shape index (κ2) is 7.88. The Labute approximate surface area is 138 Å². The summed E-state index contributed by atoms with van der Waals surface area (Å²) < 4.78 is 0. The van der Waals surface area contributed by atoms with Crippen LogP contribution < -0.4 is 0 Å². The van der Waals surface area contributed by atoms with E-state index in [0.717, 1.165) is 28.5 Å². The number of aliphatic carboxylic acids is 1. The first-order chi connectivity index (χ1) is 10.6. The Morgan fingerprint density at radius 1 is 1.23 bits per heavy atom. The summed E-state index contributed by atoms with van der Waals surface area (Å²) in [5, 5.41) is 19.5. The maximum atomic E-state index is 11.0. The second-order valence-corrected chi connectivity index (χ2v) is 6.15. The molecule has 3 nitrogen and oxygen atoms in total. The molecule has 0 aromatic heterocycles. The molecule has 1 unspecified atom stereocenters. The van der Waals surface area contributed by atoms with Gasteiger partial charge in [-0.25, -0.2) is 0 Å². The number of thiocyanates is 1. The first kappa shape index (κ1) is 16.4. The van der Waals surface area contributed by atoms with Crippen molar-refractivity contribution in [2.24, 2.45) is 0 Å². The number of thioether (sulfide) groups is 1. The van der Waals surface area contributed by atoms with Crippen molar-refractivity contribution in [3.05, 3.63) is 59.1 Å². The zero-order valence-electron chi connectivity index (χ0n) is 11.7. The lowest BCUT2D eigenvalue weighted by atomic mass is 10.0. The van der Waals surface area contributed by atoms with Crippen molar-refractivity contribution >= 4 is 29.3 Å². The van der Waals surface area contributed by atoms with Gasteiger partial charge in [-0.05, 0) is 41.8 Å². The molecule has 0 aliphatic carbocycles. The van der Waals surface area contributed by atoms with Gasteiger partial charge in [-0.1, -0.05) is 54.1 Å². The predicted molar refractivity (Wildman–Crippen MR) is 89.8 cm³/mol. The largest absolute Gasteiger partial charge is 0.480 e. The Kier molecular flexibility index (Phi) is 5.88. The summed E-state index contributed by atoms with van der Waals surface area (Å²) in [6.07, 6.45) is 1.05. The van der Waals surface area contributed by atoms with Gasteiger partial charge in [-0.3, -0.25) is 4.79 Å². The zero-order chi connectivity index (χ0) is 15.9. The van der Waals surface area contributed by atoms with E-state index in [9.17, 15) is 4.79 Å². The molecule has 0 amide bonds. The molecule has 0 spiro atoms. The highest BCUT2D eigenvalue weighted by Crippen LogP contribution is 2.28. The molecule has 0 bridgehead atoms. The first-order valence-electron chi connectivity index (χ1n) is 6.73. The Morgan fingerprint density at radius 2 is 1.91 bits per heavy atom. The van der Waals surface area contributed by atoms with E-state index in [0.29, 0.717) is 17.9 Å². The molecule has 0 saturated carbocycles. The number of hydrogen-bond acceptors (Lipinski definition) is 3. The van der Waals surface area contributed by atoms with Crippen LogP contribution in [0.25, 0.3) is 11.1 Å². The second-order valence-electron chi connectivity index (χ2n) is 4.75. The molecule has 2 aromatic rings. The number of aryl methyl sites for hydroxylation is 1. The number of carboxylic acid groups (broad SMARTS) is 1. The van der Waals surface area contributed by atoms with E-state index in [1.165, 1.54) is 0 Å². The lowest BCUT2D eigenvalue weighted by Crippen LogP contribution is -2.16. The molecule has 2 rings (SSSR count). The van der Waals surface area contributed by atoms with Crippen molar-refractivity contribution < 1.29 is 9.90 Å². The fourth-order valence-corrected chi connectivity index (χ4v) is 2.85. The number of halogens is 1. The molecule has 1 atom stereocenters. The standard InChI is InChI=1S/C17H14ClNO2S/c18-15-4-2-1-3-14(15)13-8-5-12(6-9-13)7-10-16(17(20)21)22-11-19/h1-6,8-9,16H,7,10H2,(H,20,21). The van der Waals surface area contributed by atoms with Gasteiger partial charge >= 0.3 is 5.97 Å². The SMILES string of the molecule is N#CSC(CCc1ccc(-c2ccccc2Cl)cc1)C(=O)O. The van der Waals surface area contributed by atoms with Crippen LogP contribution in [0, 0.1) is 10.7 Å². The van der Waals surface area contributed by atoms with Crippen molar-refractivity contribution in [3.63, 3.8) is 0 Å². The molecule has 0 heterocycles. The van der Waals surface area contributed by atoms with Crippen LogP contribution in [0.2, 0.25) is 5.02 Å². The van der Waals surface area contributed by atoms with Crippen LogP contribution in [0.15, 0.2) is 48.5 Å². The van der Waals surface area contributed by atoms with Gasteiger partial charge in [0.1, 0.15) is 10.7 Å². The molecule has 112 valence electrons. The summed E-state index contributed by atoms with van der Waals surface area (Å²) in [4.78, 5) is 11.0. The van der Waals surface area contributed by atoms with Gasteiger partial charge in [-0.2, -0.15) is 5.26 Å². The number of carbonyl (C=O) groups is 1. The Hall–Kier alpha value is -1.96. The quantitative estimate of drug-likeness (QED) is 0.785. The topological polar surface area (TPSA) is 61.1 Å². The Morgan fingerprint density at radius 3 is 2.50 bits per heavy atom. The number of rotatable bonds is 6. The molecule has 0 radical (unpaired) electrons. The summed E-state index contributed by atoms with van der Waals surface area (Å²) in [7, 11) is 0. The number of nitriles is 1. The van der Waals surface area contributed by atoms with Crippen molar-refractivity contribution in [2.45, 2.75) is 18.1 Å². The van der Waals surface area contributed by atoms with Crippen LogP contribution in [0.5, 0.6) is 0 Å². The first-order valence-corrected chi connectivity index (χ1v) is 7.99. The van der Waals surface area contributed by atoms with Crippen LogP contribution in [-0.4, -0.2) is 16.3 Å².